The summed E-state index contributed by atoms with van der Waals surface area (Å²) in [4.78, 5) is 27.3. The van der Waals surface area contributed by atoms with Crippen molar-refractivity contribution in [1.29, 1.82) is 0 Å². The number of hydrogen-bond donors (Lipinski definition) is 1. The molecule has 0 unspecified atom stereocenters. The van der Waals surface area contributed by atoms with Crippen molar-refractivity contribution in [2.45, 2.75) is 39.8 Å². The molecule has 0 heterocycles. The Labute approximate surface area is 187 Å². The van der Waals surface area contributed by atoms with Crippen molar-refractivity contribution in [3.8, 4) is 0 Å². The highest BCUT2D eigenvalue weighted by Crippen LogP contribution is 2.24. The summed E-state index contributed by atoms with van der Waals surface area (Å²) < 4.78 is 0. The molecule has 2 aromatic carbocycles. The lowest BCUT2D eigenvalue weighted by atomic mass is 10.1. The molecule has 0 aliphatic carbocycles. The first-order valence-corrected chi connectivity index (χ1v) is 10.6. The molecule has 29 heavy (non-hydrogen) atoms. The first-order chi connectivity index (χ1) is 13.7. The van der Waals surface area contributed by atoms with Crippen LogP contribution in [0.25, 0.3) is 0 Å². The van der Waals surface area contributed by atoms with Gasteiger partial charge in [0.2, 0.25) is 11.8 Å². The lowest BCUT2D eigenvalue weighted by Crippen LogP contribution is -2.48. The summed E-state index contributed by atoms with van der Waals surface area (Å²) in [5, 5.41) is 4.36. The van der Waals surface area contributed by atoms with E-state index in [1.165, 1.54) is 4.90 Å². The Morgan fingerprint density at radius 3 is 2.28 bits per heavy atom. The minimum Gasteiger partial charge on any atom is -0.354 e. The standard InChI is InChI=1S/C22H25Cl3N2O2/c1-14(2)12-26-22(29)15(3)27(13-17-8-9-18(23)11-20(17)25)21(28)10-16-6-4-5-7-19(16)24/h4-9,11,14-15H,10,12-13H2,1-3H3,(H,26,29)/t15-/m0/s1. The number of carbonyl (C=O) groups excluding carboxylic acids is 2. The topological polar surface area (TPSA) is 49.4 Å². The highest BCUT2D eigenvalue weighted by molar-refractivity contribution is 6.35. The van der Waals surface area contributed by atoms with Crippen molar-refractivity contribution in [1.82, 2.24) is 10.2 Å². The van der Waals surface area contributed by atoms with Crippen LogP contribution in [0.3, 0.4) is 0 Å². The van der Waals surface area contributed by atoms with Crippen molar-refractivity contribution < 1.29 is 9.59 Å². The predicted octanol–water partition coefficient (Wildman–Crippen LogP) is 5.38. The van der Waals surface area contributed by atoms with Crippen molar-refractivity contribution in [3.05, 3.63) is 68.7 Å². The van der Waals surface area contributed by atoms with E-state index in [1.807, 2.05) is 26.0 Å². The van der Waals surface area contributed by atoms with Gasteiger partial charge in [0.25, 0.3) is 0 Å². The van der Waals surface area contributed by atoms with E-state index < -0.39 is 6.04 Å². The number of benzene rings is 2. The van der Waals surface area contributed by atoms with Crippen LogP contribution in [0.2, 0.25) is 15.1 Å². The van der Waals surface area contributed by atoms with Gasteiger partial charge >= 0.3 is 0 Å². The lowest BCUT2D eigenvalue weighted by molar-refractivity contribution is -0.140. The van der Waals surface area contributed by atoms with Crippen LogP contribution in [0.4, 0.5) is 0 Å². The highest BCUT2D eigenvalue weighted by Gasteiger charge is 2.27. The molecule has 0 aliphatic heterocycles. The molecule has 0 aliphatic rings. The van der Waals surface area contributed by atoms with E-state index in [1.54, 1.807) is 37.3 Å². The molecule has 4 nitrogen and oxygen atoms in total. The van der Waals surface area contributed by atoms with Gasteiger partial charge in [-0.2, -0.15) is 0 Å². The predicted molar refractivity (Wildman–Crippen MR) is 119 cm³/mol. The third kappa shape index (κ3) is 6.91. The number of nitrogens with zero attached hydrogens (tertiary/aromatic N) is 1. The second kappa shape index (κ2) is 10.9. The Kier molecular flexibility index (Phi) is 8.81. The zero-order valence-electron chi connectivity index (χ0n) is 16.7. The van der Waals surface area contributed by atoms with E-state index in [2.05, 4.69) is 5.32 Å². The van der Waals surface area contributed by atoms with Crippen LogP contribution in [-0.4, -0.2) is 29.3 Å². The summed E-state index contributed by atoms with van der Waals surface area (Å²) in [7, 11) is 0. The maximum atomic E-state index is 13.1. The van der Waals surface area contributed by atoms with E-state index in [-0.39, 0.29) is 24.8 Å². The van der Waals surface area contributed by atoms with Crippen LogP contribution in [0.15, 0.2) is 42.5 Å². The second-order valence-corrected chi connectivity index (χ2v) is 8.59. The van der Waals surface area contributed by atoms with Crippen LogP contribution in [0.1, 0.15) is 31.9 Å². The summed E-state index contributed by atoms with van der Waals surface area (Å²) in [6, 6.07) is 11.6. The monoisotopic (exact) mass is 454 g/mol. The molecular weight excluding hydrogens is 431 g/mol. The van der Waals surface area contributed by atoms with E-state index >= 15 is 0 Å². The molecule has 2 rings (SSSR count). The maximum Gasteiger partial charge on any atom is 0.242 e. The molecule has 0 fully saturated rings. The quantitative estimate of drug-likeness (QED) is 0.581. The van der Waals surface area contributed by atoms with Gasteiger partial charge < -0.3 is 10.2 Å². The molecule has 0 radical (unpaired) electrons. The minimum atomic E-state index is -0.671. The molecule has 0 aromatic heterocycles. The van der Waals surface area contributed by atoms with E-state index in [4.69, 9.17) is 34.8 Å². The number of nitrogens with one attached hydrogen (secondary N) is 1. The van der Waals surface area contributed by atoms with Gasteiger partial charge in [0, 0.05) is 28.2 Å². The largest absolute Gasteiger partial charge is 0.354 e. The minimum absolute atomic E-state index is 0.0900. The van der Waals surface area contributed by atoms with Crippen molar-refractivity contribution in [3.63, 3.8) is 0 Å². The molecular formula is C22H25Cl3N2O2. The number of amides is 2. The van der Waals surface area contributed by atoms with Gasteiger partial charge in [-0.15, -0.1) is 0 Å². The summed E-state index contributed by atoms with van der Waals surface area (Å²) >= 11 is 18.5. The van der Waals surface area contributed by atoms with Gasteiger partial charge in [-0.3, -0.25) is 9.59 Å². The zero-order valence-corrected chi connectivity index (χ0v) is 19.0. The van der Waals surface area contributed by atoms with E-state index in [9.17, 15) is 9.59 Å². The summed E-state index contributed by atoms with van der Waals surface area (Å²) in [6.45, 7) is 6.47. The van der Waals surface area contributed by atoms with Crippen LogP contribution in [0.5, 0.6) is 0 Å². The first-order valence-electron chi connectivity index (χ1n) is 9.43. The Balaban J connectivity index is 2.27. The van der Waals surface area contributed by atoms with Gasteiger partial charge in [-0.05, 0) is 42.2 Å². The SMILES string of the molecule is CC(C)CNC(=O)[C@H](C)N(Cc1ccc(Cl)cc1Cl)C(=O)Cc1ccccc1Cl. The van der Waals surface area contributed by atoms with Gasteiger partial charge in [-0.1, -0.05) is 72.9 Å². The molecule has 1 atom stereocenters. The molecule has 0 saturated carbocycles. The molecule has 0 spiro atoms. The van der Waals surface area contributed by atoms with Gasteiger partial charge in [0.05, 0.1) is 6.42 Å². The highest BCUT2D eigenvalue weighted by atomic mass is 35.5. The Bertz CT molecular complexity index is 871. The molecule has 0 saturated heterocycles. The van der Waals surface area contributed by atoms with Gasteiger partial charge in [-0.25, -0.2) is 0 Å². The molecule has 7 heteroatoms. The molecule has 156 valence electrons. The van der Waals surface area contributed by atoms with Crippen LogP contribution < -0.4 is 5.32 Å². The van der Waals surface area contributed by atoms with Gasteiger partial charge in [0.15, 0.2) is 0 Å². The van der Waals surface area contributed by atoms with E-state index in [0.29, 0.717) is 38.7 Å². The fraction of sp³-hybridized carbons (Fsp3) is 0.364. The molecule has 2 aromatic rings. The summed E-state index contributed by atoms with van der Waals surface area (Å²) in [5.41, 5.74) is 1.42. The summed E-state index contributed by atoms with van der Waals surface area (Å²) in [6.07, 6.45) is 0.0900. The van der Waals surface area contributed by atoms with E-state index in [0.717, 1.165) is 0 Å². The van der Waals surface area contributed by atoms with Gasteiger partial charge in [0.1, 0.15) is 6.04 Å². The third-order valence-electron chi connectivity index (χ3n) is 4.51. The molecule has 2 amide bonds. The first kappa shape index (κ1) is 23.5. The fourth-order valence-electron chi connectivity index (χ4n) is 2.77. The molecule has 0 bridgehead atoms. The summed E-state index contributed by atoms with van der Waals surface area (Å²) in [5.74, 6) is -0.114. The lowest BCUT2D eigenvalue weighted by Gasteiger charge is -2.29. The number of halogens is 3. The Morgan fingerprint density at radius 1 is 0.966 bits per heavy atom. The average Bonchev–Trinajstić information content (AvgIpc) is 2.66. The van der Waals surface area contributed by atoms with Crippen LogP contribution >= 0.6 is 34.8 Å². The van der Waals surface area contributed by atoms with Crippen LogP contribution in [-0.2, 0) is 22.6 Å². The fourth-order valence-corrected chi connectivity index (χ4v) is 3.45. The Morgan fingerprint density at radius 2 is 1.66 bits per heavy atom. The number of rotatable bonds is 8. The Hall–Kier alpha value is -1.75. The number of hydrogen-bond acceptors (Lipinski definition) is 2. The molecule has 1 N–H and O–H groups in total. The number of carbonyl (C=O) groups is 2. The zero-order chi connectivity index (χ0) is 21.6. The normalized spacial score (nSPS) is 12.0. The smallest absolute Gasteiger partial charge is 0.242 e. The van der Waals surface area contributed by atoms with Crippen molar-refractivity contribution in [2.24, 2.45) is 5.92 Å². The maximum absolute atomic E-state index is 13.1. The second-order valence-electron chi connectivity index (χ2n) is 7.34. The van der Waals surface area contributed by atoms with Crippen molar-refractivity contribution in [2.75, 3.05) is 6.54 Å². The van der Waals surface area contributed by atoms with Crippen molar-refractivity contribution >= 4 is 46.6 Å². The average molecular weight is 456 g/mol. The van der Waals surface area contributed by atoms with Crippen LogP contribution in [0, 0.1) is 5.92 Å². The third-order valence-corrected chi connectivity index (χ3v) is 5.46.